The van der Waals surface area contributed by atoms with Gasteiger partial charge in [0.25, 0.3) is 0 Å². The monoisotopic (exact) mass is 254 g/mol. The van der Waals surface area contributed by atoms with Crippen LogP contribution in [-0.4, -0.2) is 12.6 Å². The van der Waals surface area contributed by atoms with Gasteiger partial charge in [0, 0.05) is 20.0 Å². The first-order chi connectivity index (χ1) is 7.63. The fourth-order valence-corrected chi connectivity index (χ4v) is 2.85. The molecule has 0 amide bonds. The van der Waals surface area contributed by atoms with Gasteiger partial charge in [0.2, 0.25) is 0 Å². The molecular weight excluding hydrogens is 244 g/mol. The van der Waals surface area contributed by atoms with E-state index in [1.165, 1.54) is 0 Å². The van der Waals surface area contributed by atoms with E-state index >= 15 is 0 Å². The van der Waals surface area contributed by atoms with Crippen LogP contribution in [0.4, 0.5) is 0 Å². The Morgan fingerprint density at radius 2 is 2.25 bits per heavy atom. The first-order valence-corrected chi connectivity index (χ1v) is 6.18. The molecule has 0 unspecified atom stereocenters. The van der Waals surface area contributed by atoms with E-state index in [0.29, 0.717) is 17.2 Å². The molecule has 4 heteroatoms. The van der Waals surface area contributed by atoms with E-state index in [1.807, 2.05) is 25.1 Å². The van der Waals surface area contributed by atoms with Crippen LogP contribution < -0.4 is 0 Å². The molecule has 84 valence electrons. The largest absolute Gasteiger partial charge is 0.462 e. The number of ether oxygens (including phenoxy) is 1. The molecule has 1 aromatic carbocycles. The number of fused-ring (bicyclic) bond motifs is 1. The van der Waals surface area contributed by atoms with Gasteiger partial charge in [0.15, 0.2) is 0 Å². The number of thiophene rings is 1. The lowest BCUT2D eigenvalue weighted by Gasteiger charge is -2.01. The highest BCUT2D eigenvalue weighted by Crippen LogP contribution is 2.33. The molecule has 0 aliphatic carbocycles. The molecular formula is C12H11ClO2S. The molecule has 0 aliphatic rings. The van der Waals surface area contributed by atoms with E-state index < -0.39 is 0 Å². The van der Waals surface area contributed by atoms with Crippen LogP contribution in [0, 0.1) is 6.92 Å². The maximum absolute atomic E-state index is 11.8. The number of carbonyl (C=O) groups is 1. The van der Waals surface area contributed by atoms with Crippen LogP contribution >= 0.6 is 22.9 Å². The van der Waals surface area contributed by atoms with Gasteiger partial charge in [-0.05, 0) is 32.0 Å². The van der Waals surface area contributed by atoms with Gasteiger partial charge in [0.1, 0.15) is 0 Å². The Bertz CT molecular complexity index is 545. The van der Waals surface area contributed by atoms with Crippen LogP contribution in [0.1, 0.15) is 22.2 Å². The third-order valence-corrected chi connectivity index (χ3v) is 3.63. The summed E-state index contributed by atoms with van der Waals surface area (Å²) in [5.74, 6) is -0.270. The summed E-state index contributed by atoms with van der Waals surface area (Å²) in [6.07, 6.45) is 0. The summed E-state index contributed by atoms with van der Waals surface area (Å²) in [4.78, 5) is 12.8. The Morgan fingerprint density at radius 1 is 1.50 bits per heavy atom. The Morgan fingerprint density at radius 3 is 2.94 bits per heavy atom. The second kappa shape index (κ2) is 4.44. The maximum atomic E-state index is 11.8. The number of rotatable bonds is 2. The fourth-order valence-electron chi connectivity index (χ4n) is 1.65. The van der Waals surface area contributed by atoms with E-state index in [-0.39, 0.29) is 5.97 Å². The molecule has 2 aromatic rings. The summed E-state index contributed by atoms with van der Waals surface area (Å²) >= 11 is 7.52. The second-order valence-corrected chi connectivity index (χ2v) is 5.09. The number of benzene rings is 1. The molecule has 2 rings (SSSR count). The van der Waals surface area contributed by atoms with E-state index in [2.05, 4.69) is 0 Å². The smallest absolute Gasteiger partial charge is 0.339 e. The van der Waals surface area contributed by atoms with Gasteiger partial charge < -0.3 is 4.74 Å². The van der Waals surface area contributed by atoms with Crippen LogP contribution in [0.2, 0.25) is 5.02 Å². The van der Waals surface area contributed by atoms with Crippen molar-refractivity contribution < 1.29 is 9.53 Å². The number of halogens is 1. The molecule has 0 bridgehead atoms. The lowest BCUT2D eigenvalue weighted by atomic mass is 10.1. The third-order valence-electron chi connectivity index (χ3n) is 2.31. The highest BCUT2D eigenvalue weighted by atomic mass is 35.5. The lowest BCUT2D eigenvalue weighted by Crippen LogP contribution is -2.04. The summed E-state index contributed by atoms with van der Waals surface area (Å²) in [5, 5.41) is 1.52. The molecule has 0 radical (unpaired) electrons. The topological polar surface area (TPSA) is 26.3 Å². The van der Waals surface area contributed by atoms with Gasteiger partial charge in [-0.25, -0.2) is 4.79 Å². The van der Waals surface area contributed by atoms with Crippen molar-refractivity contribution >= 4 is 39.0 Å². The van der Waals surface area contributed by atoms with Crippen molar-refractivity contribution in [2.24, 2.45) is 0 Å². The molecule has 0 fully saturated rings. The molecule has 1 heterocycles. The number of aryl methyl sites for hydroxylation is 1. The van der Waals surface area contributed by atoms with Crippen molar-refractivity contribution in [1.29, 1.82) is 0 Å². The summed E-state index contributed by atoms with van der Waals surface area (Å²) in [5.41, 5.74) is 0.643. The number of esters is 1. The standard InChI is InChI=1S/C12H11ClO2S/c1-3-15-12(14)11-7(2)16-10-5-4-8(13)6-9(10)11/h4-6H,3H2,1-2H3. The average molecular weight is 255 g/mol. The zero-order chi connectivity index (χ0) is 11.7. The summed E-state index contributed by atoms with van der Waals surface area (Å²) in [7, 11) is 0. The quantitative estimate of drug-likeness (QED) is 0.756. The van der Waals surface area contributed by atoms with Gasteiger partial charge in [-0.2, -0.15) is 0 Å². The number of hydrogen-bond donors (Lipinski definition) is 0. The van der Waals surface area contributed by atoms with Crippen molar-refractivity contribution in [3.05, 3.63) is 33.7 Å². The zero-order valence-corrected chi connectivity index (χ0v) is 10.6. The first kappa shape index (κ1) is 11.4. The van der Waals surface area contributed by atoms with Gasteiger partial charge in [-0.1, -0.05) is 11.6 Å². The normalized spacial score (nSPS) is 10.7. The second-order valence-electron chi connectivity index (χ2n) is 3.39. The van der Waals surface area contributed by atoms with Crippen LogP contribution in [0.3, 0.4) is 0 Å². The Kier molecular flexibility index (Phi) is 3.17. The van der Waals surface area contributed by atoms with Crippen molar-refractivity contribution in [2.45, 2.75) is 13.8 Å². The predicted molar refractivity (Wildman–Crippen MR) is 67.5 cm³/mol. The molecule has 16 heavy (non-hydrogen) atoms. The predicted octanol–water partition coefficient (Wildman–Crippen LogP) is 4.04. The average Bonchev–Trinajstić information content (AvgIpc) is 2.53. The van der Waals surface area contributed by atoms with Crippen LogP contribution in [-0.2, 0) is 4.74 Å². The zero-order valence-electron chi connectivity index (χ0n) is 9.04. The molecule has 0 atom stereocenters. The summed E-state index contributed by atoms with van der Waals surface area (Å²) in [6, 6.07) is 5.57. The van der Waals surface area contributed by atoms with E-state index in [0.717, 1.165) is 15.0 Å². The third kappa shape index (κ3) is 1.93. The highest BCUT2D eigenvalue weighted by Gasteiger charge is 2.17. The molecule has 1 aromatic heterocycles. The van der Waals surface area contributed by atoms with Crippen LogP contribution in [0.15, 0.2) is 18.2 Å². The van der Waals surface area contributed by atoms with Gasteiger partial charge in [-0.3, -0.25) is 0 Å². The minimum Gasteiger partial charge on any atom is -0.462 e. The Hall–Kier alpha value is -1.06. The number of carbonyl (C=O) groups excluding carboxylic acids is 1. The molecule has 2 nitrogen and oxygen atoms in total. The number of hydrogen-bond acceptors (Lipinski definition) is 3. The van der Waals surface area contributed by atoms with Crippen molar-refractivity contribution in [2.75, 3.05) is 6.61 Å². The fraction of sp³-hybridized carbons (Fsp3) is 0.250. The molecule has 0 N–H and O–H groups in total. The summed E-state index contributed by atoms with van der Waals surface area (Å²) in [6.45, 7) is 4.11. The highest BCUT2D eigenvalue weighted by molar-refractivity contribution is 7.19. The lowest BCUT2D eigenvalue weighted by molar-refractivity contribution is 0.0528. The SMILES string of the molecule is CCOC(=O)c1c(C)sc2ccc(Cl)cc12. The Labute approximate surface area is 103 Å². The van der Waals surface area contributed by atoms with Gasteiger partial charge in [0.05, 0.1) is 12.2 Å². The van der Waals surface area contributed by atoms with E-state index in [1.54, 1.807) is 18.3 Å². The molecule has 0 aliphatic heterocycles. The van der Waals surface area contributed by atoms with Crippen molar-refractivity contribution in [3.63, 3.8) is 0 Å². The van der Waals surface area contributed by atoms with Crippen molar-refractivity contribution in [3.8, 4) is 0 Å². The first-order valence-electron chi connectivity index (χ1n) is 4.99. The molecule has 0 saturated carbocycles. The van der Waals surface area contributed by atoms with Crippen molar-refractivity contribution in [1.82, 2.24) is 0 Å². The summed E-state index contributed by atoms with van der Waals surface area (Å²) < 4.78 is 6.10. The van der Waals surface area contributed by atoms with Crippen LogP contribution in [0.25, 0.3) is 10.1 Å². The minimum atomic E-state index is -0.270. The van der Waals surface area contributed by atoms with Crippen LogP contribution in [0.5, 0.6) is 0 Å². The molecule has 0 spiro atoms. The van der Waals surface area contributed by atoms with Gasteiger partial charge in [-0.15, -0.1) is 11.3 Å². The van der Waals surface area contributed by atoms with E-state index in [9.17, 15) is 4.79 Å². The maximum Gasteiger partial charge on any atom is 0.339 e. The Balaban J connectivity index is 2.62. The minimum absolute atomic E-state index is 0.270. The molecule has 0 saturated heterocycles. The van der Waals surface area contributed by atoms with Gasteiger partial charge >= 0.3 is 5.97 Å². The van der Waals surface area contributed by atoms with E-state index in [4.69, 9.17) is 16.3 Å².